The molecule has 0 fully saturated rings. The molecule has 82 valence electrons. The average molecular weight is 224 g/mol. The molecule has 0 saturated carbocycles. The summed E-state index contributed by atoms with van der Waals surface area (Å²) in [6.45, 7) is 0. The highest BCUT2D eigenvalue weighted by atomic mass is 16.6. The highest BCUT2D eigenvalue weighted by Crippen LogP contribution is 2.06. The van der Waals surface area contributed by atoms with Gasteiger partial charge in [0.2, 0.25) is 0 Å². The average Bonchev–Trinajstić information content (AvgIpc) is 2.41. The second kappa shape index (κ2) is 6.75. The smallest absolute Gasteiger partial charge is 0.258 e. The van der Waals surface area contributed by atoms with E-state index in [0.717, 1.165) is 0 Å². The van der Waals surface area contributed by atoms with E-state index in [-0.39, 0.29) is 5.69 Å². The Labute approximate surface area is 98.9 Å². The van der Waals surface area contributed by atoms with E-state index in [9.17, 15) is 10.1 Å². The first-order valence-electron chi connectivity index (χ1n) is 4.71. The predicted octanol–water partition coefficient (Wildman–Crippen LogP) is 2.75. The van der Waals surface area contributed by atoms with Crippen LogP contribution in [0.5, 0.6) is 0 Å². The summed E-state index contributed by atoms with van der Waals surface area (Å²) in [6, 6.07) is 20.2. The van der Waals surface area contributed by atoms with Gasteiger partial charge in [0.25, 0.3) is 5.69 Å². The number of hydrogen-bond acceptors (Lipinski definition) is 3. The van der Waals surface area contributed by atoms with Gasteiger partial charge in [-0.15, -0.1) is 0 Å². The minimum absolute atomic E-state index is 0.105. The fourth-order valence-corrected chi connectivity index (χ4v) is 0.961. The van der Waals surface area contributed by atoms with E-state index < -0.39 is 4.92 Å². The third-order valence-electron chi connectivity index (χ3n) is 1.76. The van der Waals surface area contributed by atoms with E-state index in [0.29, 0.717) is 5.56 Å². The number of nitro groups is 1. The first-order chi connectivity index (χ1) is 8.24. The molecule has 0 aliphatic heterocycles. The third kappa shape index (κ3) is 4.58. The van der Waals surface area contributed by atoms with Gasteiger partial charge in [0.15, 0.2) is 0 Å². The summed E-state index contributed by atoms with van der Waals surface area (Å²) in [6.07, 6.45) is 0. The lowest BCUT2D eigenvalue weighted by Gasteiger charge is -1.84. The van der Waals surface area contributed by atoms with Crippen LogP contribution in [0.4, 0.5) is 5.69 Å². The van der Waals surface area contributed by atoms with Gasteiger partial charge in [0.1, 0.15) is 0 Å². The van der Waals surface area contributed by atoms with Crippen LogP contribution in [-0.4, -0.2) is 4.92 Å². The summed E-state index contributed by atoms with van der Waals surface area (Å²) in [7, 11) is 0. The van der Waals surface area contributed by atoms with Crippen molar-refractivity contribution >= 4 is 5.69 Å². The van der Waals surface area contributed by atoms with Crippen molar-refractivity contribution in [2.75, 3.05) is 0 Å². The number of nitro benzene ring substituents is 1. The highest BCUT2D eigenvalue weighted by Gasteiger charge is 1.98. The molecule has 0 aromatic heterocycles. The molecule has 0 unspecified atom stereocenters. The molecule has 0 aliphatic rings. The molecular formula is C13H8N2O2. The molecule has 0 heterocycles. The monoisotopic (exact) mass is 224 g/mol. The Morgan fingerprint density at radius 3 is 1.82 bits per heavy atom. The molecule has 0 aliphatic carbocycles. The van der Waals surface area contributed by atoms with Crippen LogP contribution in [0, 0.1) is 33.6 Å². The second-order valence-electron chi connectivity index (χ2n) is 2.92. The third-order valence-corrected chi connectivity index (χ3v) is 1.76. The van der Waals surface area contributed by atoms with Gasteiger partial charge in [0.05, 0.1) is 16.6 Å². The van der Waals surface area contributed by atoms with E-state index in [1.54, 1.807) is 24.3 Å². The van der Waals surface area contributed by atoms with E-state index in [2.05, 4.69) is 12.1 Å². The maximum Gasteiger partial charge on any atom is 0.269 e. The van der Waals surface area contributed by atoms with Gasteiger partial charge in [-0.25, -0.2) is 0 Å². The van der Waals surface area contributed by atoms with Crippen molar-refractivity contribution in [3.05, 3.63) is 76.3 Å². The van der Waals surface area contributed by atoms with E-state index in [1.165, 1.54) is 24.3 Å². The fourth-order valence-electron chi connectivity index (χ4n) is 0.961. The Morgan fingerprint density at radius 2 is 1.53 bits per heavy atom. The van der Waals surface area contributed by atoms with Gasteiger partial charge in [0, 0.05) is 12.1 Å². The normalized spacial score (nSPS) is 8.41. The lowest BCUT2D eigenvalue weighted by Crippen LogP contribution is -1.84. The quantitative estimate of drug-likeness (QED) is 0.552. The second-order valence-corrected chi connectivity index (χ2v) is 2.92. The molecule has 2 aromatic rings. The van der Waals surface area contributed by atoms with Crippen molar-refractivity contribution in [3.63, 3.8) is 0 Å². The van der Waals surface area contributed by atoms with Gasteiger partial charge in [-0.2, -0.15) is 5.26 Å². The number of hydrogen-bond donors (Lipinski definition) is 0. The topological polar surface area (TPSA) is 66.9 Å². The van der Waals surface area contributed by atoms with Crippen LogP contribution in [0.1, 0.15) is 5.56 Å². The summed E-state index contributed by atoms with van der Waals surface area (Å²) >= 11 is 0. The first-order valence-corrected chi connectivity index (χ1v) is 4.71. The molecule has 2 aromatic carbocycles. The van der Waals surface area contributed by atoms with Crippen molar-refractivity contribution in [1.29, 1.82) is 5.26 Å². The van der Waals surface area contributed by atoms with Crippen LogP contribution in [-0.2, 0) is 0 Å². The molecule has 4 nitrogen and oxygen atoms in total. The van der Waals surface area contributed by atoms with Crippen LogP contribution < -0.4 is 0 Å². The van der Waals surface area contributed by atoms with Gasteiger partial charge in [-0.05, 0) is 36.4 Å². The van der Waals surface area contributed by atoms with E-state index in [4.69, 9.17) is 5.26 Å². The summed E-state index contributed by atoms with van der Waals surface area (Å²) in [5.74, 6) is 0. The lowest BCUT2D eigenvalue weighted by molar-refractivity contribution is -0.384. The number of nitrogens with zero attached hydrogens (tertiary/aromatic N) is 2. The Hall–Kier alpha value is -2.67. The molecular weight excluding hydrogens is 216 g/mol. The summed E-state index contributed by atoms with van der Waals surface area (Å²) < 4.78 is 0. The summed E-state index contributed by atoms with van der Waals surface area (Å²) in [4.78, 5) is 9.56. The summed E-state index contributed by atoms with van der Waals surface area (Å²) in [5, 5.41) is 18.3. The minimum atomic E-state index is -0.437. The zero-order valence-electron chi connectivity index (χ0n) is 8.83. The first kappa shape index (κ1) is 12.4. The molecule has 0 amide bonds. The van der Waals surface area contributed by atoms with Crippen molar-refractivity contribution in [1.82, 2.24) is 0 Å². The van der Waals surface area contributed by atoms with Gasteiger partial charge < -0.3 is 0 Å². The molecule has 4 heteroatoms. The fraction of sp³-hybridized carbons (Fsp3) is 0. The maximum absolute atomic E-state index is 9.99. The molecule has 2 radical (unpaired) electrons. The van der Waals surface area contributed by atoms with Crippen LogP contribution in [0.15, 0.2) is 48.5 Å². The number of rotatable bonds is 1. The van der Waals surface area contributed by atoms with E-state index >= 15 is 0 Å². The highest BCUT2D eigenvalue weighted by molar-refractivity contribution is 5.27. The van der Waals surface area contributed by atoms with Crippen molar-refractivity contribution in [3.8, 4) is 6.07 Å². The zero-order chi connectivity index (χ0) is 12.5. The van der Waals surface area contributed by atoms with Crippen molar-refractivity contribution in [2.24, 2.45) is 0 Å². The summed E-state index contributed by atoms with van der Waals surface area (Å²) in [5.41, 5.74) is 0.789. The van der Waals surface area contributed by atoms with Crippen LogP contribution >= 0.6 is 0 Å². The van der Waals surface area contributed by atoms with E-state index in [1.807, 2.05) is 6.07 Å². The van der Waals surface area contributed by atoms with Gasteiger partial charge in [-0.3, -0.25) is 10.1 Å². The molecule has 0 N–H and O–H groups in total. The largest absolute Gasteiger partial charge is 0.269 e. The molecule has 0 spiro atoms. The molecule has 0 atom stereocenters. The maximum atomic E-state index is 9.99. The molecule has 17 heavy (non-hydrogen) atoms. The van der Waals surface area contributed by atoms with Crippen LogP contribution in [0.2, 0.25) is 0 Å². The zero-order valence-corrected chi connectivity index (χ0v) is 8.83. The van der Waals surface area contributed by atoms with Crippen LogP contribution in [0.3, 0.4) is 0 Å². The van der Waals surface area contributed by atoms with Crippen molar-refractivity contribution < 1.29 is 4.92 Å². The number of non-ortho nitro benzene ring substituents is 1. The predicted molar refractivity (Wildman–Crippen MR) is 61.9 cm³/mol. The Balaban J connectivity index is 0.000000171. The van der Waals surface area contributed by atoms with Gasteiger partial charge in [-0.1, -0.05) is 12.1 Å². The Morgan fingerprint density at radius 1 is 1.06 bits per heavy atom. The molecule has 2 rings (SSSR count). The number of nitriles is 1. The molecule has 0 saturated heterocycles. The SMILES string of the molecule is N#Cc1cc[c]cc1.O=[N+]([O-])c1cc[c]cc1. The Bertz CT molecular complexity index is 504. The van der Waals surface area contributed by atoms with Crippen LogP contribution in [0.25, 0.3) is 0 Å². The van der Waals surface area contributed by atoms with Crippen molar-refractivity contribution in [2.45, 2.75) is 0 Å². The lowest BCUT2D eigenvalue weighted by atomic mass is 10.2. The minimum Gasteiger partial charge on any atom is -0.258 e. The molecule has 0 bridgehead atoms. The van der Waals surface area contributed by atoms with Gasteiger partial charge >= 0.3 is 0 Å². The Kier molecular flexibility index (Phi) is 4.92. The standard InChI is InChI=1S/C7H4N.C6H4NO2/c8-6-7-4-2-1-3-5-7;8-7(9)6-4-2-1-3-5-6/h2-5H;2-5H. The number of benzene rings is 2.